The number of benzene rings is 1. The van der Waals surface area contributed by atoms with Crippen LogP contribution in [0.1, 0.15) is 36.9 Å². The molecule has 1 N–H and O–H groups in total. The van der Waals surface area contributed by atoms with Crippen LogP contribution in [0.2, 0.25) is 5.02 Å². The van der Waals surface area contributed by atoms with Crippen LogP contribution < -0.4 is 9.75 Å². The van der Waals surface area contributed by atoms with E-state index in [9.17, 15) is 37.5 Å². The summed E-state index contributed by atoms with van der Waals surface area (Å²) in [6, 6.07) is 6.24. The number of hydrogen-bond acceptors (Lipinski definition) is 8. The number of rotatable bonds is 5. The van der Waals surface area contributed by atoms with Crippen molar-refractivity contribution >= 4 is 64.2 Å². The van der Waals surface area contributed by atoms with E-state index in [-0.39, 0.29) is 41.5 Å². The van der Waals surface area contributed by atoms with Gasteiger partial charge in [0, 0.05) is 25.6 Å². The van der Waals surface area contributed by atoms with Gasteiger partial charge in [0.15, 0.2) is 27.1 Å². The average Bonchev–Trinajstić information content (AvgIpc) is 3.32. The van der Waals surface area contributed by atoms with Crippen LogP contribution in [0.4, 0.5) is 19.0 Å². The smallest absolute Gasteiger partial charge is 0.433 e. The highest BCUT2D eigenvalue weighted by molar-refractivity contribution is 6.53. The van der Waals surface area contributed by atoms with Gasteiger partial charge in [-0.05, 0) is 43.9 Å². The molecule has 244 valence electrons. The van der Waals surface area contributed by atoms with E-state index in [2.05, 4.69) is 4.98 Å². The summed E-state index contributed by atoms with van der Waals surface area (Å²) >= 11 is 20.5. The van der Waals surface area contributed by atoms with Crippen LogP contribution in [0, 0.1) is 17.8 Å². The van der Waals surface area contributed by atoms with Crippen molar-refractivity contribution in [2.45, 2.75) is 41.6 Å². The quantitative estimate of drug-likeness (QED) is 0.266. The number of likely N-dealkylation sites (tertiary alicyclic amines) is 1. The number of fused-ring (bicyclic) bond motifs is 4. The molecule has 6 rings (SSSR count). The Labute approximate surface area is 275 Å². The van der Waals surface area contributed by atoms with E-state index in [0.717, 1.165) is 16.0 Å². The number of amides is 4. The first-order valence-corrected chi connectivity index (χ1v) is 15.3. The number of allylic oxidation sites excluding steroid dienone is 2. The lowest BCUT2D eigenvalue weighted by Crippen LogP contribution is -2.60. The standard InChI is InChI=1S/C30H26Cl3F3N4O6/c1-4-46-18-7-5-6-15(22(18)41)21-13-8-9-14-20(16(13)12-28(32)26(44)38(2)27(45)29(21,28)33)25(43)40(24(14)42)39(3)23-17(31)10-11-19(37-23)30(34,35)36/h5-8,10-11,14,16,20-21,41H,4,9,12H2,1-3H3. The third kappa shape index (κ3) is 4.27. The molecule has 0 radical (unpaired) electrons. The molecular weight excluding hydrogens is 676 g/mol. The molecule has 2 aliphatic heterocycles. The number of ether oxygens (including phenoxy) is 1. The number of nitrogens with zero attached hydrogens (tertiary/aromatic N) is 4. The zero-order chi connectivity index (χ0) is 33.7. The van der Waals surface area contributed by atoms with Crippen LogP contribution in [0.15, 0.2) is 42.0 Å². The van der Waals surface area contributed by atoms with E-state index in [0.29, 0.717) is 16.6 Å². The van der Waals surface area contributed by atoms with E-state index < -0.39 is 74.7 Å². The summed E-state index contributed by atoms with van der Waals surface area (Å²) in [5.74, 6) is -8.17. The van der Waals surface area contributed by atoms with Gasteiger partial charge in [0.05, 0.1) is 23.5 Å². The van der Waals surface area contributed by atoms with Gasteiger partial charge in [-0.15, -0.1) is 23.2 Å². The number of imide groups is 2. The molecule has 16 heteroatoms. The Hall–Kier alpha value is -3.55. The molecule has 46 heavy (non-hydrogen) atoms. The van der Waals surface area contributed by atoms with E-state index in [1.807, 2.05) is 0 Å². The number of hydrogen-bond donors (Lipinski definition) is 1. The molecule has 2 saturated heterocycles. The van der Waals surface area contributed by atoms with Crippen LogP contribution >= 0.6 is 34.8 Å². The molecule has 1 aromatic heterocycles. The summed E-state index contributed by atoms with van der Waals surface area (Å²) in [6.45, 7) is 1.91. The Bertz CT molecular complexity index is 1740. The third-order valence-corrected chi connectivity index (χ3v) is 11.1. The maximum atomic E-state index is 14.2. The van der Waals surface area contributed by atoms with Crippen LogP contribution in [0.25, 0.3) is 0 Å². The lowest BCUT2D eigenvalue weighted by atomic mass is 9.56. The van der Waals surface area contributed by atoms with Crippen LogP contribution in [-0.4, -0.2) is 74.1 Å². The molecule has 6 atom stereocenters. The SMILES string of the molecule is CCOc1cccc(C2C3=CCC4C(=O)N(N(C)c5nc(C(F)(F)F)ccc5Cl)C(=O)C4C3CC3(Cl)C(=O)N(C)C(=O)C23Cl)c1O. The molecule has 3 heterocycles. The minimum Gasteiger partial charge on any atom is -0.504 e. The molecule has 0 bridgehead atoms. The largest absolute Gasteiger partial charge is 0.504 e. The molecule has 3 fully saturated rings. The zero-order valence-corrected chi connectivity index (χ0v) is 26.7. The lowest BCUT2D eigenvalue weighted by molar-refractivity contribution is -0.141. The number of phenolic OH excluding ortho intramolecular Hbond substituents is 1. The maximum absolute atomic E-state index is 14.2. The highest BCUT2D eigenvalue weighted by Gasteiger charge is 2.76. The molecule has 6 unspecified atom stereocenters. The number of halogens is 6. The summed E-state index contributed by atoms with van der Waals surface area (Å²) in [6.07, 6.45) is -3.50. The van der Waals surface area contributed by atoms with Crippen molar-refractivity contribution in [1.82, 2.24) is 14.9 Å². The Kier molecular flexibility index (Phi) is 7.57. The van der Waals surface area contributed by atoms with E-state index in [4.69, 9.17) is 39.5 Å². The Morgan fingerprint density at radius 1 is 1.09 bits per heavy atom. The maximum Gasteiger partial charge on any atom is 0.433 e. The molecule has 2 aliphatic carbocycles. The third-order valence-electron chi connectivity index (χ3n) is 9.36. The number of para-hydroxylation sites is 1. The van der Waals surface area contributed by atoms with Gasteiger partial charge in [0.25, 0.3) is 23.6 Å². The summed E-state index contributed by atoms with van der Waals surface area (Å²) in [5, 5.41) is 12.7. The first-order valence-electron chi connectivity index (χ1n) is 14.2. The van der Waals surface area contributed by atoms with Gasteiger partial charge in [-0.2, -0.15) is 18.2 Å². The lowest BCUT2D eigenvalue weighted by Gasteiger charge is -2.50. The monoisotopic (exact) mass is 700 g/mol. The Balaban J connectivity index is 1.47. The minimum absolute atomic E-state index is 0.0161. The van der Waals surface area contributed by atoms with Gasteiger partial charge in [0.1, 0.15) is 5.69 Å². The number of pyridine rings is 1. The minimum atomic E-state index is -4.82. The number of aromatic nitrogens is 1. The van der Waals surface area contributed by atoms with Crippen molar-refractivity contribution in [3.05, 3.63) is 58.3 Å². The molecule has 10 nitrogen and oxygen atoms in total. The number of hydrazine groups is 1. The number of anilines is 1. The number of carbonyl (C=O) groups is 4. The molecule has 0 spiro atoms. The number of phenols is 1. The number of carbonyl (C=O) groups excluding carboxylic acids is 4. The van der Waals surface area contributed by atoms with E-state index in [1.165, 1.54) is 26.2 Å². The molecule has 1 saturated carbocycles. The van der Waals surface area contributed by atoms with Gasteiger partial charge in [0.2, 0.25) is 0 Å². The molecule has 1 aromatic carbocycles. The van der Waals surface area contributed by atoms with Crippen LogP contribution in [0.3, 0.4) is 0 Å². The fourth-order valence-electron chi connectivity index (χ4n) is 7.32. The molecule has 4 amide bonds. The first-order chi connectivity index (χ1) is 21.5. The predicted molar refractivity (Wildman–Crippen MR) is 159 cm³/mol. The predicted octanol–water partition coefficient (Wildman–Crippen LogP) is 4.90. The number of alkyl halides is 5. The second kappa shape index (κ2) is 10.7. The van der Waals surface area contributed by atoms with E-state index >= 15 is 0 Å². The zero-order valence-electron chi connectivity index (χ0n) is 24.4. The normalized spacial score (nSPS) is 30.7. The van der Waals surface area contributed by atoms with Crippen molar-refractivity contribution in [1.29, 1.82) is 0 Å². The Morgan fingerprint density at radius 2 is 1.78 bits per heavy atom. The Morgan fingerprint density at radius 3 is 2.43 bits per heavy atom. The van der Waals surface area contributed by atoms with Crippen molar-refractivity contribution in [2.24, 2.45) is 17.8 Å². The van der Waals surface area contributed by atoms with Crippen molar-refractivity contribution in [2.75, 3.05) is 25.7 Å². The highest BCUT2D eigenvalue weighted by atomic mass is 35.5. The van der Waals surface area contributed by atoms with Crippen molar-refractivity contribution < 1.29 is 42.2 Å². The van der Waals surface area contributed by atoms with E-state index in [1.54, 1.807) is 19.1 Å². The fourth-order valence-corrected chi connectivity index (χ4v) is 8.56. The van der Waals surface area contributed by atoms with Crippen LogP contribution in [-0.2, 0) is 25.4 Å². The van der Waals surface area contributed by atoms with Gasteiger partial charge < -0.3 is 9.84 Å². The second-order valence-electron chi connectivity index (χ2n) is 11.6. The molecule has 2 aromatic rings. The summed E-state index contributed by atoms with van der Waals surface area (Å²) in [7, 11) is 2.43. The highest BCUT2D eigenvalue weighted by Crippen LogP contribution is 2.66. The number of aromatic hydroxyl groups is 1. The molecule has 4 aliphatic rings. The topological polar surface area (TPSA) is 120 Å². The fraction of sp³-hybridized carbons (Fsp3) is 0.433. The second-order valence-corrected chi connectivity index (χ2v) is 13.3. The van der Waals surface area contributed by atoms with Gasteiger partial charge >= 0.3 is 6.18 Å². The van der Waals surface area contributed by atoms with Gasteiger partial charge in [-0.1, -0.05) is 35.4 Å². The summed E-state index contributed by atoms with van der Waals surface area (Å²) in [4.78, 5) is 55.5. The first kappa shape index (κ1) is 32.4. The summed E-state index contributed by atoms with van der Waals surface area (Å²) < 4.78 is 46.0. The van der Waals surface area contributed by atoms with Gasteiger partial charge in [-0.3, -0.25) is 29.1 Å². The summed E-state index contributed by atoms with van der Waals surface area (Å²) in [5.41, 5.74) is -0.740. The van der Waals surface area contributed by atoms with Crippen molar-refractivity contribution in [3.8, 4) is 11.5 Å². The molecular formula is C30H26Cl3F3N4O6. The van der Waals surface area contributed by atoms with Crippen LogP contribution in [0.5, 0.6) is 11.5 Å². The average molecular weight is 702 g/mol. The van der Waals surface area contributed by atoms with Crippen molar-refractivity contribution in [3.63, 3.8) is 0 Å². The van der Waals surface area contributed by atoms with Gasteiger partial charge in [-0.25, -0.2) is 4.98 Å².